The van der Waals surface area contributed by atoms with Gasteiger partial charge in [-0.1, -0.05) is 65.0 Å². The summed E-state index contributed by atoms with van der Waals surface area (Å²) in [5.41, 5.74) is 1.32. The Morgan fingerprint density at radius 3 is 2.10 bits per heavy atom. The van der Waals surface area contributed by atoms with Crippen molar-refractivity contribution in [3.8, 4) is 5.75 Å². The molecule has 0 radical (unpaired) electrons. The Kier molecular flexibility index (Phi) is 13.7. The van der Waals surface area contributed by atoms with Gasteiger partial charge >= 0.3 is 0 Å². The molecule has 1 rings (SSSR count). The highest BCUT2D eigenvalue weighted by molar-refractivity contribution is 5.26. The topological polar surface area (TPSA) is 21.3 Å². The second-order valence-corrected chi connectivity index (χ2v) is 4.79. The van der Waals surface area contributed by atoms with Gasteiger partial charge in [0.25, 0.3) is 0 Å². The number of rotatable bonds is 10. The van der Waals surface area contributed by atoms with E-state index in [1.165, 1.54) is 44.1 Å². The molecule has 0 aliphatic heterocycles. The molecule has 1 N–H and O–H groups in total. The monoisotopic (exact) mass is 279 g/mol. The Bertz CT molecular complexity index is 295. The SMILES string of the molecule is CC.CCCCCCCCNCc1ccc(OC)cc1. The third kappa shape index (κ3) is 9.85. The van der Waals surface area contributed by atoms with Crippen LogP contribution in [0.5, 0.6) is 5.75 Å². The van der Waals surface area contributed by atoms with E-state index < -0.39 is 0 Å². The van der Waals surface area contributed by atoms with Crippen LogP contribution in [0.3, 0.4) is 0 Å². The van der Waals surface area contributed by atoms with Crippen LogP contribution in [0, 0.1) is 0 Å². The molecule has 1 aromatic rings. The highest BCUT2D eigenvalue weighted by Gasteiger charge is 1.94. The standard InChI is InChI=1S/C16H27NO.C2H6/c1-3-4-5-6-7-8-13-17-14-15-9-11-16(18-2)12-10-15;1-2/h9-12,17H,3-8,13-14H2,1-2H3;1-2H3. The van der Waals surface area contributed by atoms with Crippen LogP contribution in [0.25, 0.3) is 0 Å². The lowest BCUT2D eigenvalue weighted by Crippen LogP contribution is -2.14. The summed E-state index contributed by atoms with van der Waals surface area (Å²) in [5.74, 6) is 0.926. The fourth-order valence-electron chi connectivity index (χ4n) is 2.01. The molecule has 2 heteroatoms. The maximum atomic E-state index is 5.14. The average Bonchev–Trinajstić information content (AvgIpc) is 2.52. The zero-order chi connectivity index (χ0) is 15.1. The fourth-order valence-corrected chi connectivity index (χ4v) is 2.01. The highest BCUT2D eigenvalue weighted by atomic mass is 16.5. The Hall–Kier alpha value is -1.02. The van der Waals surface area contributed by atoms with Gasteiger partial charge in [0.15, 0.2) is 0 Å². The van der Waals surface area contributed by atoms with E-state index in [1.54, 1.807) is 7.11 Å². The number of benzene rings is 1. The van der Waals surface area contributed by atoms with Gasteiger partial charge in [0, 0.05) is 6.54 Å². The predicted octanol–water partition coefficient (Wildman–Crippen LogP) is 5.17. The summed E-state index contributed by atoms with van der Waals surface area (Å²) in [5, 5.41) is 3.49. The largest absolute Gasteiger partial charge is 0.497 e. The molecule has 0 saturated carbocycles. The summed E-state index contributed by atoms with van der Waals surface area (Å²) >= 11 is 0. The first-order chi connectivity index (χ1) is 9.86. The molecule has 0 aliphatic carbocycles. The number of ether oxygens (including phenoxy) is 1. The molecule has 1 aromatic carbocycles. The van der Waals surface area contributed by atoms with Crippen LogP contribution in [0.2, 0.25) is 0 Å². The first-order valence-corrected chi connectivity index (χ1v) is 8.20. The lowest BCUT2D eigenvalue weighted by molar-refractivity contribution is 0.414. The van der Waals surface area contributed by atoms with Crippen molar-refractivity contribution >= 4 is 0 Å². The highest BCUT2D eigenvalue weighted by Crippen LogP contribution is 2.11. The fraction of sp³-hybridized carbons (Fsp3) is 0.667. The zero-order valence-electron chi connectivity index (χ0n) is 13.9. The molecule has 116 valence electrons. The minimum absolute atomic E-state index is 0.926. The number of nitrogens with one attached hydrogen (secondary N) is 1. The van der Waals surface area contributed by atoms with Crippen LogP contribution in [0.1, 0.15) is 64.9 Å². The van der Waals surface area contributed by atoms with Crippen LogP contribution >= 0.6 is 0 Å². The molecule has 0 bridgehead atoms. The minimum Gasteiger partial charge on any atom is -0.497 e. The summed E-state index contributed by atoms with van der Waals surface area (Å²) in [6, 6.07) is 8.27. The summed E-state index contributed by atoms with van der Waals surface area (Å²) < 4.78 is 5.14. The molecule has 0 aromatic heterocycles. The van der Waals surface area contributed by atoms with Crippen molar-refractivity contribution in [3.05, 3.63) is 29.8 Å². The average molecular weight is 279 g/mol. The van der Waals surface area contributed by atoms with Crippen LogP contribution < -0.4 is 10.1 Å². The van der Waals surface area contributed by atoms with Crippen molar-refractivity contribution in [2.75, 3.05) is 13.7 Å². The minimum atomic E-state index is 0.926. The van der Waals surface area contributed by atoms with Gasteiger partial charge in [-0.3, -0.25) is 0 Å². The Morgan fingerprint density at radius 2 is 1.50 bits per heavy atom. The normalized spacial score (nSPS) is 9.80. The third-order valence-corrected chi connectivity index (χ3v) is 3.20. The van der Waals surface area contributed by atoms with Gasteiger partial charge in [-0.15, -0.1) is 0 Å². The van der Waals surface area contributed by atoms with E-state index in [4.69, 9.17) is 4.74 Å². The smallest absolute Gasteiger partial charge is 0.118 e. The number of unbranched alkanes of at least 4 members (excludes halogenated alkanes) is 5. The van der Waals surface area contributed by atoms with Crippen molar-refractivity contribution in [2.45, 2.75) is 65.8 Å². The molecule has 0 unspecified atom stereocenters. The van der Waals surface area contributed by atoms with Crippen molar-refractivity contribution < 1.29 is 4.74 Å². The second kappa shape index (κ2) is 14.4. The van der Waals surface area contributed by atoms with Crippen molar-refractivity contribution in [3.63, 3.8) is 0 Å². The molecule has 0 saturated heterocycles. The third-order valence-electron chi connectivity index (χ3n) is 3.20. The van der Waals surface area contributed by atoms with E-state index in [0.717, 1.165) is 18.8 Å². The van der Waals surface area contributed by atoms with E-state index in [1.807, 2.05) is 26.0 Å². The Balaban J connectivity index is 0.00000172. The van der Waals surface area contributed by atoms with Crippen molar-refractivity contribution in [1.29, 1.82) is 0 Å². The first-order valence-electron chi connectivity index (χ1n) is 8.20. The van der Waals surface area contributed by atoms with E-state index in [0.29, 0.717) is 0 Å². The Morgan fingerprint density at radius 1 is 0.900 bits per heavy atom. The van der Waals surface area contributed by atoms with Crippen LogP contribution in [-0.4, -0.2) is 13.7 Å². The summed E-state index contributed by atoms with van der Waals surface area (Å²) in [6.07, 6.45) is 8.15. The molecule has 20 heavy (non-hydrogen) atoms. The molecular weight excluding hydrogens is 246 g/mol. The second-order valence-electron chi connectivity index (χ2n) is 4.79. The lowest BCUT2D eigenvalue weighted by Gasteiger charge is -2.06. The van der Waals surface area contributed by atoms with E-state index in [-0.39, 0.29) is 0 Å². The van der Waals surface area contributed by atoms with Crippen LogP contribution in [0.15, 0.2) is 24.3 Å². The zero-order valence-corrected chi connectivity index (χ0v) is 13.9. The maximum absolute atomic E-state index is 5.14. The first kappa shape index (κ1) is 19.0. The van der Waals surface area contributed by atoms with Gasteiger partial charge in [0.2, 0.25) is 0 Å². The molecule has 0 fully saturated rings. The Labute approximate surface area is 125 Å². The van der Waals surface area contributed by atoms with Gasteiger partial charge in [-0.05, 0) is 30.7 Å². The van der Waals surface area contributed by atoms with Crippen LogP contribution in [-0.2, 0) is 6.54 Å². The molecule has 0 aliphatic rings. The molecule has 0 atom stereocenters. The molecule has 0 heterocycles. The van der Waals surface area contributed by atoms with Gasteiger partial charge < -0.3 is 10.1 Å². The van der Waals surface area contributed by atoms with Crippen LogP contribution in [0.4, 0.5) is 0 Å². The van der Waals surface area contributed by atoms with Gasteiger partial charge in [-0.25, -0.2) is 0 Å². The molecular formula is C18H33NO. The number of methoxy groups -OCH3 is 1. The number of hydrogen-bond donors (Lipinski definition) is 1. The van der Waals surface area contributed by atoms with E-state index in [9.17, 15) is 0 Å². The summed E-state index contributed by atoms with van der Waals surface area (Å²) in [7, 11) is 1.70. The van der Waals surface area contributed by atoms with E-state index >= 15 is 0 Å². The molecule has 0 amide bonds. The quantitative estimate of drug-likeness (QED) is 0.596. The molecule has 2 nitrogen and oxygen atoms in total. The van der Waals surface area contributed by atoms with Gasteiger partial charge in [0.1, 0.15) is 5.75 Å². The number of hydrogen-bond acceptors (Lipinski definition) is 2. The van der Waals surface area contributed by atoms with Gasteiger partial charge in [0.05, 0.1) is 7.11 Å². The molecule has 0 spiro atoms. The summed E-state index contributed by atoms with van der Waals surface area (Å²) in [4.78, 5) is 0. The summed E-state index contributed by atoms with van der Waals surface area (Å²) in [6.45, 7) is 8.34. The lowest BCUT2D eigenvalue weighted by atomic mass is 10.1. The van der Waals surface area contributed by atoms with E-state index in [2.05, 4.69) is 24.4 Å². The van der Waals surface area contributed by atoms with Crippen molar-refractivity contribution in [1.82, 2.24) is 5.32 Å². The predicted molar refractivity (Wildman–Crippen MR) is 89.4 cm³/mol. The van der Waals surface area contributed by atoms with Crippen molar-refractivity contribution in [2.24, 2.45) is 0 Å². The van der Waals surface area contributed by atoms with Gasteiger partial charge in [-0.2, -0.15) is 0 Å². The maximum Gasteiger partial charge on any atom is 0.118 e.